The third-order valence-corrected chi connectivity index (χ3v) is 2.33. The highest BCUT2D eigenvalue weighted by molar-refractivity contribution is 9.10. The summed E-state index contributed by atoms with van der Waals surface area (Å²) in [6.07, 6.45) is 2.29. The fraction of sp³-hybridized carbons (Fsp3) is 0. The topological polar surface area (TPSA) is 74.6 Å². The molecule has 0 atom stereocenters. The minimum atomic E-state index is -1.07. The summed E-state index contributed by atoms with van der Waals surface area (Å²) in [5.74, 6) is -2.14. The van der Waals surface area contributed by atoms with E-state index in [2.05, 4.69) is 15.9 Å². The Bertz CT molecular complexity index is 437. The Kier molecular flexibility index (Phi) is 3.62. The van der Waals surface area contributed by atoms with Crippen molar-refractivity contribution in [1.29, 1.82) is 0 Å². The molecule has 1 aromatic carbocycles. The zero-order chi connectivity index (χ0) is 11.4. The smallest absolute Gasteiger partial charge is 0.336 e. The van der Waals surface area contributed by atoms with Gasteiger partial charge < -0.3 is 10.2 Å². The SMILES string of the molecule is O=C(O)C=Cc1ccc(Br)c(C(=O)O)c1. The van der Waals surface area contributed by atoms with Crippen LogP contribution in [0.5, 0.6) is 0 Å². The molecular weight excluding hydrogens is 264 g/mol. The number of rotatable bonds is 3. The summed E-state index contributed by atoms with van der Waals surface area (Å²) in [5.41, 5.74) is 0.625. The Labute approximate surface area is 94.0 Å². The number of carbonyl (C=O) groups is 2. The number of aromatic carboxylic acids is 1. The lowest BCUT2D eigenvalue weighted by Crippen LogP contribution is -1.97. The number of halogens is 1. The fourth-order valence-corrected chi connectivity index (χ4v) is 1.39. The van der Waals surface area contributed by atoms with Gasteiger partial charge in [0.15, 0.2) is 0 Å². The predicted octanol–water partition coefficient (Wildman–Crippen LogP) is 2.25. The molecule has 0 aliphatic rings. The monoisotopic (exact) mass is 270 g/mol. The van der Waals surface area contributed by atoms with Crippen LogP contribution in [0.3, 0.4) is 0 Å². The predicted molar refractivity (Wildman–Crippen MR) is 57.8 cm³/mol. The van der Waals surface area contributed by atoms with Crippen LogP contribution in [-0.4, -0.2) is 22.2 Å². The summed E-state index contributed by atoms with van der Waals surface area (Å²) in [7, 11) is 0. The molecule has 4 nitrogen and oxygen atoms in total. The zero-order valence-electron chi connectivity index (χ0n) is 7.48. The lowest BCUT2D eigenvalue weighted by Gasteiger charge is -2.00. The maximum Gasteiger partial charge on any atom is 0.336 e. The summed E-state index contributed by atoms with van der Waals surface area (Å²) >= 11 is 3.09. The Morgan fingerprint density at radius 3 is 2.47 bits per heavy atom. The molecule has 0 saturated heterocycles. The molecule has 1 rings (SSSR count). The second-order valence-corrected chi connectivity index (χ2v) is 3.57. The molecule has 0 heterocycles. The Balaban J connectivity index is 3.08. The van der Waals surface area contributed by atoms with E-state index in [4.69, 9.17) is 10.2 Å². The normalized spacial score (nSPS) is 10.5. The van der Waals surface area contributed by atoms with Gasteiger partial charge in [0, 0.05) is 10.5 Å². The summed E-state index contributed by atoms with van der Waals surface area (Å²) in [5, 5.41) is 17.2. The second kappa shape index (κ2) is 4.75. The molecule has 2 N–H and O–H groups in total. The molecule has 0 saturated carbocycles. The van der Waals surface area contributed by atoms with Gasteiger partial charge in [-0.15, -0.1) is 0 Å². The van der Waals surface area contributed by atoms with Crippen molar-refractivity contribution in [1.82, 2.24) is 0 Å². The largest absolute Gasteiger partial charge is 0.478 e. The summed E-state index contributed by atoms with van der Waals surface area (Å²) in [4.78, 5) is 21.0. The van der Waals surface area contributed by atoms with E-state index in [1.165, 1.54) is 12.1 Å². The molecule has 0 aromatic heterocycles. The molecule has 0 amide bonds. The molecule has 0 radical (unpaired) electrons. The Morgan fingerprint density at radius 2 is 1.93 bits per heavy atom. The van der Waals surface area contributed by atoms with Crippen molar-refractivity contribution in [2.75, 3.05) is 0 Å². The quantitative estimate of drug-likeness (QED) is 0.827. The Morgan fingerprint density at radius 1 is 1.27 bits per heavy atom. The van der Waals surface area contributed by atoms with Crippen LogP contribution >= 0.6 is 15.9 Å². The van der Waals surface area contributed by atoms with Gasteiger partial charge in [-0.05, 0) is 39.7 Å². The first kappa shape index (κ1) is 11.5. The second-order valence-electron chi connectivity index (χ2n) is 2.72. The number of carboxylic acids is 2. The van der Waals surface area contributed by atoms with E-state index in [0.29, 0.717) is 10.0 Å². The molecule has 0 bridgehead atoms. The van der Waals surface area contributed by atoms with E-state index < -0.39 is 11.9 Å². The molecule has 1 aromatic rings. The van der Waals surface area contributed by atoms with E-state index in [-0.39, 0.29) is 5.56 Å². The third-order valence-electron chi connectivity index (χ3n) is 1.64. The van der Waals surface area contributed by atoms with Crippen molar-refractivity contribution in [2.24, 2.45) is 0 Å². The van der Waals surface area contributed by atoms with Crippen LogP contribution in [-0.2, 0) is 4.79 Å². The highest BCUT2D eigenvalue weighted by Crippen LogP contribution is 2.19. The van der Waals surface area contributed by atoms with Gasteiger partial charge in [-0.1, -0.05) is 6.07 Å². The van der Waals surface area contributed by atoms with Crippen molar-refractivity contribution in [3.63, 3.8) is 0 Å². The van der Waals surface area contributed by atoms with Crippen LogP contribution in [0.4, 0.5) is 0 Å². The van der Waals surface area contributed by atoms with Crippen LogP contribution in [0.1, 0.15) is 15.9 Å². The van der Waals surface area contributed by atoms with E-state index in [9.17, 15) is 9.59 Å². The van der Waals surface area contributed by atoms with Gasteiger partial charge in [-0.2, -0.15) is 0 Å². The lowest BCUT2D eigenvalue weighted by molar-refractivity contribution is -0.131. The van der Waals surface area contributed by atoms with Crippen LogP contribution < -0.4 is 0 Å². The molecular formula is C10H7BrO4. The molecule has 0 spiro atoms. The minimum Gasteiger partial charge on any atom is -0.478 e. The van der Waals surface area contributed by atoms with Gasteiger partial charge in [0.25, 0.3) is 0 Å². The molecule has 78 valence electrons. The molecule has 15 heavy (non-hydrogen) atoms. The van der Waals surface area contributed by atoms with Crippen LogP contribution in [0.25, 0.3) is 6.08 Å². The fourth-order valence-electron chi connectivity index (χ4n) is 0.978. The van der Waals surface area contributed by atoms with Gasteiger partial charge in [-0.3, -0.25) is 0 Å². The van der Waals surface area contributed by atoms with Crippen LogP contribution in [0.15, 0.2) is 28.7 Å². The average molecular weight is 271 g/mol. The first-order valence-electron chi connectivity index (χ1n) is 3.94. The van der Waals surface area contributed by atoms with Crippen molar-refractivity contribution in [2.45, 2.75) is 0 Å². The van der Waals surface area contributed by atoms with E-state index >= 15 is 0 Å². The van der Waals surface area contributed by atoms with Crippen molar-refractivity contribution in [3.8, 4) is 0 Å². The number of hydrogen-bond acceptors (Lipinski definition) is 2. The lowest BCUT2D eigenvalue weighted by atomic mass is 10.1. The number of carboxylic acid groups (broad SMARTS) is 2. The summed E-state index contributed by atoms with van der Waals surface area (Å²) in [6.45, 7) is 0. The first-order valence-corrected chi connectivity index (χ1v) is 4.74. The van der Waals surface area contributed by atoms with Crippen LogP contribution in [0, 0.1) is 0 Å². The zero-order valence-corrected chi connectivity index (χ0v) is 9.06. The summed E-state index contributed by atoms with van der Waals surface area (Å²) in [6, 6.07) is 4.58. The van der Waals surface area contributed by atoms with E-state index in [1.807, 2.05) is 0 Å². The molecule has 0 aliphatic heterocycles. The highest BCUT2D eigenvalue weighted by Gasteiger charge is 2.07. The van der Waals surface area contributed by atoms with Gasteiger partial charge in [0.1, 0.15) is 0 Å². The van der Waals surface area contributed by atoms with Crippen molar-refractivity contribution >= 4 is 33.9 Å². The molecule has 0 fully saturated rings. The number of benzene rings is 1. The average Bonchev–Trinajstić information content (AvgIpc) is 2.16. The summed E-state index contributed by atoms with van der Waals surface area (Å²) < 4.78 is 0.461. The van der Waals surface area contributed by atoms with Gasteiger partial charge in [-0.25, -0.2) is 9.59 Å². The maximum atomic E-state index is 10.7. The first-order chi connectivity index (χ1) is 7.00. The maximum absolute atomic E-state index is 10.7. The molecule has 5 heteroatoms. The molecule has 0 aliphatic carbocycles. The minimum absolute atomic E-state index is 0.0996. The van der Waals surface area contributed by atoms with E-state index in [1.54, 1.807) is 12.1 Å². The standard InChI is InChI=1S/C10H7BrO4/c11-8-3-1-6(2-4-9(12)13)5-7(8)10(14)15/h1-5H,(H,12,13)(H,14,15). The van der Waals surface area contributed by atoms with Crippen LogP contribution in [0.2, 0.25) is 0 Å². The van der Waals surface area contributed by atoms with Gasteiger partial charge in [0.05, 0.1) is 5.56 Å². The third kappa shape index (κ3) is 3.21. The highest BCUT2D eigenvalue weighted by atomic mass is 79.9. The van der Waals surface area contributed by atoms with Crippen molar-refractivity contribution in [3.05, 3.63) is 39.9 Å². The van der Waals surface area contributed by atoms with E-state index in [0.717, 1.165) is 6.08 Å². The number of hydrogen-bond donors (Lipinski definition) is 2. The van der Waals surface area contributed by atoms with Gasteiger partial charge in [0.2, 0.25) is 0 Å². The van der Waals surface area contributed by atoms with Gasteiger partial charge >= 0.3 is 11.9 Å². The Hall–Kier alpha value is -1.62. The number of aliphatic carboxylic acids is 1. The molecule has 0 unspecified atom stereocenters. The van der Waals surface area contributed by atoms with Crippen molar-refractivity contribution < 1.29 is 19.8 Å².